The van der Waals surface area contributed by atoms with Gasteiger partial charge in [0.2, 0.25) is 0 Å². The Morgan fingerprint density at radius 1 is 1.17 bits per heavy atom. The highest BCUT2D eigenvalue weighted by Gasteiger charge is 2.04. The molecule has 0 unspecified atom stereocenters. The summed E-state index contributed by atoms with van der Waals surface area (Å²) in [5, 5.41) is 3.31. The summed E-state index contributed by atoms with van der Waals surface area (Å²) in [6, 6.07) is 6.08. The minimum Gasteiger partial charge on any atom is -0.491 e. The number of hydrogen-bond donors (Lipinski definition) is 1. The van der Waals surface area contributed by atoms with Crippen LogP contribution in [-0.4, -0.2) is 26.4 Å². The van der Waals surface area contributed by atoms with Crippen molar-refractivity contribution in [3.63, 3.8) is 0 Å². The quantitative estimate of drug-likeness (QED) is 0.709. The molecule has 3 nitrogen and oxygen atoms in total. The molecule has 0 amide bonds. The van der Waals surface area contributed by atoms with Crippen molar-refractivity contribution in [2.45, 2.75) is 26.8 Å². The Bertz CT molecular complexity index is 345. The number of hydrogen-bond acceptors (Lipinski definition) is 3. The zero-order valence-corrected chi connectivity index (χ0v) is 12.8. The maximum atomic E-state index is 5.75. The van der Waals surface area contributed by atoms with Crippen LogP contribution >= 0.6 is 15.9 Å². The first-order chi connectivity index (χ1) is 8.77. The summed E-state index contributed by atoms with van der Waals surface area (Å²) in [5.74, 6) is 0.930. The van der Waals surface area contributed by atoms with Crippen LogP contribution in [0.4, 0.5) is 0 Å². The highest BCUT2D eigenvalue weighted by Crippen LogP contribution is 2.23. The van der Waals surface area contributed by atoms with E-state index in [1.807, 2.05) is 12.1 Å². The molecule has 4 heteroatoms. The SMILES string of the molecule is CCCOCCOc1ccc(Br)cc1CNCC. The first-order valence-electron chi connectivity index (χ1n) is 6.47. The van der Waals surface area contributed by atoms with E-state index in [0.717, 1.165) is 36.3 Å². The minimum absolute atomic E-state index is 0.598. The van der Waals surface area contributed by atoms with Crippen molar-refractivity contribution in [2.24, 2.45) is 0 Å². The first kappa shape index (κ1) is 15.5. The Balaban J connectivity index is 2.47. The van der Waals surface area contributed by atoms with Crippen LogP contribution in [0.3, 0.4) is 0 Å². The third-order valence-electron chi connectivity index (χ3n) is 2.42. The van der Waals surface area contributed by atoms with E-state index in [-0.39, 0.29) is 0 Å². The zero-order valence-electron chi connectivity index (χ0n) is 11.2. The van der Waals surface area contributed by atoms with Crippen molar-refractivity contribution in [1.82, 2.24) is 5.32 Å². The minimum atomic E-state index is 0.598. The van der Waals surface area contributed by atoms with E-state index < -0.39 is 0 Å². The third-order valence-corrected chi connectivity index (χ3v) is 2.91. The van der Waals surface area contributed by atoms with Crippen LogP contribution in [0.25, 0.3) is 0 Å². The van der Waals surface area contributed by atoms with Crippen LogP contribution in [0.2, 0.25) is 0 Å². The molecule has 1 aromatic carbocycles. The lowest BCUT2D eigenvalue weighted by molar-refractivity contribution is 0.100. The van der Waals surface area contributed by atoms with E-state index in [9.17, 15) is 0 Å². The monoisotopic (exact) mass is 315 g/mol. The fourth-order valence-electron chi connectivity index (χ4n) is 1.54. The van der Waals surface area contributed by atoms with Crippen molar-refractivity contribution in [3.8, 4) is 5.75 Å². The maximum Gasteiger partial charge on any atom is 0.123 e. The molecule has 1 aromatic rings. The molecule has 0 heterocycles. The predicted molar refractivity (Wildman–Crippen MR) is 78.1 cm³/mol. The second-order valence-corrected chi connectivity index (χ2v) is 4.91. The van der Waals surface area contributed by atoms with Crippen molar-refractivity contribution < 1.29 is 9.47 Å². The van der Waals surface area contributed by atoms with Crippen LogP contribution in [0.5, 0.6) is 5.75 Å². The van der Waals surface area contributed by atoms with Crippen molar-refractivity contribution in [1.29, 1.82) is 0 Å². The molecule has 0 radical (unpaired) electrons. The summed E-state index contributed by atoms with van der Waals surface area (Å²) >= 11 is 3.48. The molecule has 18 heavy (non-hydrogen) atoms. The van der Waals surface area contributed by atoms with Gasteiger partial charge in [-0.2, -0.15) is 0 Å². The normalized spacial score (nSPS) is 10.6. The lowest BCUT2D eigenvalue weighted by Gasteiger charge is -2.12. The molecule has 1 N–H and O–H groups in total. The second-order valence-electron chi connectivity index (χ2n) is 3.99. The number of halogens is 1. The summed E-state index contributed by atoms with van der Waals surface area (Å²) in [6.45, 7) is 8.01. The fraction of sp³-hybridized carbons (Fsp3) is 0.571. The smallest absolute Gasteiger partial charge is 0.123 e. The Morgan fingerprint density at radius 2 is 2.00 bits per heavy atom. The molecule has 0 aliphatic heterocycles. The zero-order chi connectivity index (χ0) is 13.2. The summed E-state index contributed by atoms with van der Waals surface area (Å²) in [7, 11) is 0. The van der Waals surface area contributed by atoms with Crippen LogP contribution in [0, 0.1) is 0 Å². The molecule has 0 fully saturated rings. The van der Waals surface area contributed by atoms with E-state index in [2.05, 4.69) is 41.2 Å². The van der Waals surface area contributed by atoms with Gasteiger partial charge in [0.05, 0.1) is 6.61 Å². The van der Waals surface area contributed by atoms with Gasteiger partial charge in [-0.05, 0) is 31.2 Å². The molecule has 0 spiro atoms. The number of nitrogens with one attached hydrogen (secondary N) is 1. The molecule has 0 aliphatic rings. The molecule has 0 aliphatic carbocycles. The predicted octanol–water partition coefficient (Wildman–Crippen LogP) is 3.36. The average molecular weight is 316 g/mol. The molecule has 1 rings (SSSR count). The largest absolute Gasteiger partial charge is 0.491 e. The van der Waals surface area contributed by atoms with Crippen LogP contribution < -0.4 is 10.1 Å². The average Bonchev–Trinajstić information content (AvgIpc) is 2.38. The highest BCUT2D eigenvalue weighted by atomic mass is 79.9. The molecule has 0 saturated heterocycles. The summed E-state index contributed by atoms with van der Waals surface area (Å²) in [6.07, 6.45) is 1.05. The molecule has 0 atom stereocenters. The second kappa shape index (κ2) is 9.36. The van der Waals surface area contributed by atoms with Crippen molar-refractivity contribution in [2.75, 3.05) is 26.4 Å². The molecule has 0 aromatic heterocycles. The van der Waals surface area contributed by atoms with E-state index in [1.165, 1.54) is 5.56 Å². The summed E-state index contributed by atoms with van der Waals surface area (Å²) in [5.41, 5.74) is 1.17. The molecular weight excluding hydrogens is 294 g/mol. The fourth-order valence-corrected chi connectivity index (χ4v) is 1.95. The highest BCUT2D eigenvalue weighted by molar-refractivity contribution is 9.10. The lowest BCUT2D eigenvalue weighted by Crippen LogP contribution is -2.14. The number of benzene rings is 1. The molecular formula is C14H22BrNO2. The standard InChI is InChI=1S/C14H22BrNO2/c1-3-7-17-8-9-18-14-6-5-13(15)10-12(14)11-16-4-2/h5-6,10,16H,3-4,7-9,11H2,1-2H3. The number of rotatable bonds is 9. The van der Waals surface area contributed by atoms with Gasteiger partial charge < -0.3 is 14.8 Å². The van der Waals surface area contributed by atoms with Crippen molar-refractivity contribution in [3.05, 3.63) is 28.2 Å². The topological polar surface area (TPSA) is 30.5 Å². The molecule has 0 bridgehead atoms. The lowest BCUT2D eigenvalue weighted by atomic mass is 10.2. The van der Waals surface area contributed by atoms with Crippen LogP contribution in [0.1, 0.15) is 25.8 Å². The van der Waals surface area contributed by atoms with Crippen LogP contribution in [-0.2, 0) is 11.3 Å². The van der Waals surface area contributed by atoms with Gasteiger partial charge in [-0.1, -0.05) is 29.8 Å². The van der Waals surface area contributed by atoms with E-state index in [4.69, 9.17) is 9.47 Å². The Hall–Kier alpha value is -0.580. The Morgan fingerprint density at radius 3 is 2.72 bits per heavy atom. The van der Waals surface area contributed by atoms with Crippen LogP contribution in [0.15, 0.2) is 22.7 Å². The number of ether oxygens (including phenoxy) is 2. The van der Waals surface area contributed by atoms with Gasteiger partial charge >= 0.3 is 0 Å². The van der Waals surface area contributed by atoms with E-state index >= 15 is 0 Å². The van der Waals surface area contributed by atoms with E-state index in [0.29, 0.717) is 13.2 Å². The van der Waals surface area contributed by atoms with Gasteiger partial charge in [0.1, 0.15) is 12.4 Å². The van der Waals surface area contributed by atoms with Gasteiger partial charge in [0.25, 0.3) is 0 Å². The maximum absolute atomic E-state index is 5.75. The van der Waals surface area contributed by atoms with E-state index in [1.54, 1.807) is 0 Å². The van der Waals surface area contributed by atoms with Gasteiger partial charge in [-0.15, -0.1) is 0 Å². The van der Waals surface area contributed by atoms with Gasteiger partial charge in [0.15, 0.2) is 0 Å². The summed E-state index contributed by atoms with van der Waals surface area (Å²) in [4.78, 5) is 0. The Kier molecular flexibility index (Phi) is 8.05. The molecule has 102 valence electrons. The van der Waals surface area contributed by atoms with Gasteiger partial charge in [-0.3, -0.25) is 0 Å². The van der Waals surface area contributed by atoms with Gasteiger partial charge in [-0.25, -0.2) is 0 Å². The summed E-state index contributed by atoms with van der Waals surface area (Å²) < 4.78 is 12.2. The first-order valence-corrected chi connectivity index (χ1v) is 7.27. The van der Waals surface area contributed by atoms with Gasteiger partial charge in [0, 0.05) is 23.2 Å². The molecule has 0 saturated carbocycles. The Labute approximate surface area is 118 Å². The van der Waals surface area contributed by atoms with Crippen molar-refractivity contribution >= 4 is 15.9 Å². The third kappa shape index (κ3) is 5.85.